The van der Waals surface area contributed by atoms with Crippen LogP contribution in [-0.2, 0) is 13.1 Å². The first-order chi connectivity index (χ1) is 10.2. The number of fused-ring (bicyclic) bond motifs is 2. The predicted molar refractivity (Wildman–Crippen MR) is 83.9 cm³/mol. The van der Waals surface area contributed by atoms with Gasteiger partial charge in [0.2, 0.25) is 0 Å². The maximum absolute atomic E-state index is 10.8. The molecule has 0 spiro atoms. The summed E-state index contributed by atoms with van der Waals surface area (Å²) in [6.07, 6.45) is 0.665. The second-order valence-corrected chi connectivity index (χ2v) is 6.45. The molecular formula is C19H21NO. The molecule has 0 bridgehead atoms. The van der Waals surface area contributed by atoms with Gasteiger partial charge in [0.15, 0.2) is 0 Å². The van der Waals surface area contributed by atoms with E-state index < -0.39 is 0 Å². The van der Waals surface area contributed by atoms with Crippen molar-refractivity contribution in [2.45, 2.75) is 44.5 Å². The molecule has 2 aromatic carbocycles. The molecule has 1 N–H and O–H groups in total. The summed E-state index contributed by atoms with van der Waals surface area (Å²) in [5.41, 5.74) is 5.27. The van der Waals surface area contributed by atoms with Gasteiger partial charge in [0.25, 0.3) is 0 Å². The summed E-state index contributed by atoms with van der Waals surface area (Å²) in [6.45, 7) is 4.21. The number of benzene rings is 2. The number of aliphatic hydroxyl groups is 1. The minimum absolute atomic E-state index is 0.224. The Morgan fingerprint density at radius 3 is 2.14 bits per heavy atom. The molecule has 0 fully saturated rings. The van der Waals surface area contributed by atoms with E-state index in [4.69, 9.17) is 0 Å². The van der Waals surface area contributed by atoms with E-state index in [9.17, 15) is 5.11 Å². The van der Waals surface area contributed by atoms with Crippen LogP contribution in [0, 0.1) is 0 Å². The summed E-state index contributed by atoms with van der Waals surface area (Å²) >= 11 is 0. The van der Waals surface area contributed by atoms with Crippen LogP contribution < -0.4 is 0 Å². The Bertz CT molecular complexity index is 641. The van der Waals surface area contributed by atoms with E-state index in [1.165, 1.54) is 16.7 Å². The number of hydrogen-bond acceptors (Lipinski definition) is 2. The monoisotopic (exact) mass is 279 g/mol. The van der Waals surface area contributed by atoms with Crippen molar-refractivity contribution in [3.8, 4) is 0 Å². The van der Waals surface area contributed by atoms with Crippen molar-refractivity contribution in [1.29, 1.82) is 0 Å². The van der Waals surface area contributed by atoms with E-state index in [0.29, 0.717) is 5.92 Å². The molecule has 0 saturated heterocycles. The second kappa shape index (κ2) is 4.97. The summed E-state index contributed by atoms with van der Waals surface area (Å²) in [4.78, 5) is 2.45. The lowest BCUT2D eigenvalue weighted by Gasteiger charge is -2.39. The predicted octanol–water partition coefficient (Wildman–Crippen LogP) is 3.61. The number of aliphatic hydroxyl groups excluding tert-OH is 1. The molecule has 0 amide bonds. The van der Waals surface area contributed by atoms with Crippen molar-refractivity contribution in [3.05, 3.63) is 70.8 Å². The van der Waals surface area contributed by atoms with Gasteiger partial charge in [-0.25, -0.2) is 0 Å². The van der Waals surface area contributed by atoms with E-state index in [0.717, 1.165) is 25.1 Å². The Kier molecular flexibility index (Phi) is 3.09. The zero-order valence-corrected chi connectivity index (χ0v) is 12.4. The van der Waals surface area contributed by atoms with Crippen molar-refractivity contribution >= 4 is 0 Å². The Hall–Kier alpha value is -1.64. The Morgan fingerprint density at radius 2 is 1.48 bits per heavy atom. The van der Waals surface area contributed by atoms with Gasteiger partial charge in [-0.3, -0.25) is 4.90 Å². The second-order valence-electron chi connectivity index (χ2n) is 6.45. The van der Waals surface area contributed by atoms with E-state index >= 15 is 0 Å². The molecule has 4 rings (SSSR count). The quantitative estimate of drug-likeness (QED) is 0.862. The summed E-state index contributed by atoms with van der Waals surface area (Å²) in [5, 5.41) is 10.8. The van der Waals surface area contributed by atoms with Crippen LogP contribution in [0.3, 0.4) is 0 Å². The highest BCUT2D eigenvalue weighted by Crippen LogP contribution is 2.41. The zero-order chi connectivity index (χ0) is 14.4. The molecule has 0 saturated carbocycles. The van der Waals surface area contributed by atoms with Crippen molar-refractivity contribution in [2.75, 3.05) is 0 Å². The van der Waals surface area contributed by atoms with Crippen molar-refractivity contribution in [3.63, 3.8) is 0 Å². The lowest BCUT2D eigenvalue weighted by Crippen LogP contribution is -2.40. The van der Waals surface area contributed by atoms with Gasteiger partial charge in [0.1, 0.15) is 0 Å². The van der Waals surface area contributed by atoms with Gasteiger partial charge in [-0.2, -0.15) is 0 Å². The van der Waals surface area contributed by atoms with Gasteiger partial charge in [-0.15, -0.1) is 0 Å². The average molecular weight is 279 g/mol. The maximum atomic E-state index is 10.8. The van der Waals surface area contributed by atoms with Gasteiger partial charge in [-0.05, 0) is 34.6 Å². The average Bonchev–Trinajstić information content (AvgIpc) is 2.94. The highest BCUT2D eigenvalue weighted by Gasteiger charge is 2.37. The number of rotatable bonds is 1. The maximum Gasteiger partial charge on any atom is 0.0948 e. The lowest BCUT2D eigenvalue weighted by atomic mass is 9.79. The fraction of sp³-hybridized carbons (Fsp3) is 0.368. The smallest absolute Gasteiger partial charge is 0.0948 e. The standard InChI is InChI=1S/C19H21NO/c1-13-10-18(19(21)17-9-5-4-8-16(13)17)20-11-14-6-2-3-7-15(14)12-20/h2-9,13,18-19,21H,10-12H2,1H3. The van der Waals surface area contributed by atoms with Gasteiger partial charge in [0, 0.05) is 19.1 Å². The summed E-state index contributed by atoms with van der Waals surface area (Å²) in [6, 6.07) is 17.2. The minimum Gasteiger partial charge on any atom is -0.387 e. The van der Waals surface area contributed by atoms with Crippen LogP contribution in [0.25, 0.3) is 0 Å². The molecule has 3 atom stereocenters. The third kappa shape index (κ3) is 2.10. The van der Waals surface area contributed by atoms with Crippen LogP contribution in [0.15, 0.2) is 48.5 Å². The highest BCUT2D eigenvalue weighted by atomic mass is 16.3. The van der Waals surface area contributed by atoms with Crippen molar-refractivity contribution < 1.29 is 5.11 Å². The van der Waals surface area contributed by atoms with Gasteiger partial charge in [-0.1, -0.05) is 55.5 Å². The molecule has 2 aromatic rings. The third-order valence-electron chi connectivity index (χ3n) is 5.14. The minimum atomic E-state index is -0.369. The molecular weight excluding hydrogens is 258 g/mol. The summed E-state index contributed by atoms with van der Waals surface area (Å²) in [5.74, 6) is 0.512. The summed E-state index contributed by atoms with van der Waals surface area (Å²) in [7, 11) is 0. The first-order valence-electron chi connectivity index (χ1n) is 7.82. The van der Waals surface area contributed by atoms with E-state index in [1.54, 1.807) is 0 Å². The third-order valence-corrected chi connectivity index (χ3v) is 5.14. The van der Waals surface area contributed by atoms with Gasteiger partial charge >= 0.3 is 0 Å². The SMILES string of the molecule is CC1CC(N2Cc3ccccc3C2)C(O)c2ccccc21. The molecule has 1 heterocycles. The topological polar surface area (TPSA) is 23.5 Å². The molecule has 1 aliphatic carbocycles. The molecule has 2 heteroatoms. The van der Waals surface area contributed by atoms with Crippen LogP contribution >= 0.6 is 0 Å². The Morgan fingerprint density at radius 1 is 0.905 bits per heavy atom. The van der Waals surface area contributed by atoms with E-state index in [2.05, 4.69) is 54.3 Å². The highest BCUT2D eigenvalue weighted by molar-refractivity contribution is 5.37. The molecule has 21 heavy (non-hydrogen) atoms. The molecule has 1 aliphatic heterocycles. The van der Waals surface area contributed by atoms with Crippen molar-refractivity contribution in [1.82, 2.24) is 4.90 Å². The normalized spacial score (nSPS) is 28.2. The fourth-order valence-electron chi connectivity index (χ4n) is 4.00. The first-order valence-corrected chi connectivity index (χ1v) is 7.82. The molecule has 2 aliphatic rings. The van der Waals surface area contributed by atoms with Crippen LogP contribution in [0.2, 0.25) is 0 Å². The number of nitrogens with zero attached hydrogens (tertiary/aromatic N) is 1. The van der Waals surface area contributed by atoms with E-state index in [-0.39, 0.29) is 12.1 Å². The fourth-order valence-corrected chi connectivity index (χ4v) is 4.00. The number of hydrogen-bond donors (Lipinski definition) is 1. The van der Waals surface area contributed by atoms with Gasteiger partial charge in [0.05, 0.1) is 6.10 Å². The van der Waals surface area contributed by atoms with E-state index in [1.807, 2.05) is 6.07 Å². The molecule has 2 nitrogen and oxygen atoms in total. The molecule has 0 aromatic heterocycles. The van der Waals surface area contributed by atoms with Crippen LogP contribution in [0.5, 0.6) is 0 Å². The van der Waals surface area contributed by atoms with Gasteiger partial charge < -0.3 is 5.11 Å². The zero-order valence-electron chi connectivity index (χ0n) is 12.4. The lowest BCUT2D eigenvalue weighted by molar-refractivity contribution is 0.0288. The Balaban J connectivity index is 1.64. The molecule has 0 radical (unpaired) electrons. The molecule has 108 valence electrons. The summed E-state index contributed by atoms with van der Waals surface area (Å²) < 4.78 is 0. The van der Waals surface area contributed by atoms with Crippen LogP contribution in [0.1, 0.15) is 47.6 Å². The van der Waals surface area contributed by atoms with Crippen molar-refractivity contribution in [2.24, 2.45) is 0 Å². The largest absolute Gasteiger partial charge is 0.387 e. The first kappa shape index (κ1) is 13.1. The van der Waals surface area contributed by atoms with Crippen LogP contribution in [0.4, 0.5) is 0 Å². The molecule has 3 unspecified atom stereocenters. The Labute approximate surface area is 126 Å². The van der Waals surface area contributed by atoms with Crippen LogP contribution in [-0.4, -0.2) is 16.0 Å².